The Labute approximate surface area is 182 Å². The minimum absolute atomic E-state index is 0. The van der Waals surface area contributed by atoms with Gasteiger partial charge in [0, 0.05) is 25.0 Å². The Hall–Kier alpha value is -3.48. The second-order valence-corrected chi connectivity index (χ2v) is 9.33. The van der Waals surface area contributed by atoms with E-state index in [1.807, 2.05) is 30.3 Å². The summed E-state index contributed by atoms with van der Waals surface area (Å²) in [5.74, 6) is 0.140. The van der Waals surface area contributed by atoms with Crippen molar-refractivity contribution in [3.63, 3.8) is 0 Å². The average molecular weight is 424 g/mol. The number of rotatable bonds is 4. The van der Waals surface area contributed by atoms with Crippen molar-refractivity contribution in [2.75, 3.05) is 12.1 Å². The van der Waals surface area contributed by atoms with E-state index >= 15 is 0 Å². The molecule has 164 valence electrons. The van der Waals surface area contributed by atoms with Crippen LogP contribution in [0, 0.1) is 0 Å². The molecule has 0 unspecified atom stereocenters. The molecule has 3 aromatic rings. The van der Waals surface area contributed by atoms with Crippen LogP contribution in [0.3, 0.4) is 0 Å². The molecule has 1 fully saturated rings. The highest BCUT2D eigenvalue weighted by Crippen LogP contribution is 2.51. The fraction of sp³-hybridized carbons (Fsp3) is 0.333. The summed E-state index contributed by atoms with van der Waals surface area (Å²) >= 11 is 0. The van der Waals surface area contributed by atoms with Gasteiger partial charge in [0.2, 0.25) is 12.7 Å². The molecule has 0 bridgehead atoms. The Morgan fingerprint density at radius 1 is 1.10 bits per heavy atom. The van der Waals surface area contributed by atoms with E-state index < -0.39 is 11.4 Å². The third-order valence-electron chi connectivity index (χ3n) is 6.13. The van der Waals surface area contributed by atoms with Crippen LogP contribution in [0.25, 0.3) is 10.9 Å². The molecule has 0 saturated heterocycles. The Morgan fingerprint density at radius 2 is 1.84 bits per heavy atom. The van der Waals surface area contributed by atoms with Crippen LogP contribution in [-0.2, 0) is 15.6 Å². The topological polar surface area (TPSA) is 101 Å². The smallest absolute Gasteiger partial charge is 0.337 e. The van der Waals surface area contributed by atoms with Gasteiger partial charge in [0.25, 0.3) is 0 Å². The van der Waals surface area contributed by atoms with Crippen molar-refractivity contribution < 1.29 is 27.0 Å². The zero-order chi connectivity index (χ0) is 22.0. The van der Waals surface area contributed by atoms with E-state index in [0.717, 1.165) is 29.5 Å². The van der Waals surface area contributed by atoms with Gasteiger partial charge in [-0.3, -0.25) is 4.79 Å². The zero-order valence-electron chi connectivity index (χ0n) is 17.7. The third-order valence-corrected chi connectivity index (χ3v) is 6.13. The van der Waals surface area contributed by atoms with Gasteiger partial charge in [-0.05, 0) is 48.7 Å². The highest BCUT2D eigenvalue weighted by molar-refractivity contribution is 6.07. The largest absolute Gasteiger partial charge is 0.478 e. The van der Waals surface area contributed by atoms with E-state index in [0.29, 0.717) is 22.7 Å². The normalized spacial score (nSPS) is 16.4. The number of fused-ring (bicyclic) bond motifs is 2. The monoisotopic (exact) mass is 424 g/mol. The maximum Gasteiger partial charge on any atom is 0.337 e. The third kappa shape index (κ3) is 3.21. The van der Waals surface area contributed by atoms with Crippen molar-refractivity contribution in [1.29, 1.82) is 0 Å². The first kappa shape index (κ1) is 19.5. The second-order valence-electron chi connectivity index (χ2n) is 9.33. The lowest BCUT2D eigenvalue weighted by molar-refractivity contribution is -0.118. The number of carbonyl (C=O) groups excluding carboxylic acids is 1. The van der Waals surface area contributed by atoms with Crippen LogP contribution in [0.5, 0.6) is 11.5 Å². The molecular formula is C24H28N2O5. The summed E-state index contributed by atoms with van der Waals surface area (Å²) in [6.45, 7) is 6.36. The van der Waals surface area contributed by atoms with Gasteiger partial charge in [0.1, 0.15) is 0 Å². The first-order valence-corrected chi connectivity index (χ1v) is 10.3. The highest BCUT2D eigenvalue weighted by Gasteiger charge is 2.51. The van der Waals surface area contributed by atoms with Crippen molar-refractivity contribution in [2.45, 2.75) is 44.4 Å². The van der Waals surface area contributed by atoms with Gasteiger partial charge >= 0.3 is 5.97 Å². The summed E-state index contributed by atoms with van der Waals surface area (Å²) in [5, 5.41) is 13.5. The summed E-state index contributed by atoms with van der Waals surface area (Å²) in [6, 6.07) is 10.9. The number of hydrogen-bond donors (Lipinski definition) is 3. The Balaban J connectivity index is 0.00000153. The van der Waals surface area contributed by atoms with E-state index in [2.05, 4.69) is 31.1 Å². The quantitative estimate of drug-likeness (QED) is 0.544. The molecule has 1 amide bonds. The molecule has 31 heavy (non-hydrogen) atoms. The van der Waals surface area contributed by atoms with E-state index in [4.69, 9.17) is 9.47 Å². The summed E-state index contributed by atoms with van der Waals surface area (Å²) in [5.41, 5.74) is 2.20. The van der Waals surface area contributed by atoms with Crippen LogP contribution in [-0.4, -0.2) is 28.8 Å². The highest BCUT2D eigenvalue weighted by atomic mass is 16.7. The lowest BCUT2D eigenvalue weighted by Crippen LogP contribution is -2.27. The standard InChI is InChI=1S/C24H24N2O5.2H2/c1-23(2,3)19-9-13-8-15(11-16(21(27)28)20(13)26-19)25-22(29)24(6-7-24)14-4-5-17-18(10-14)31-12-30-17;;/h4-5,8-11,26H,6-7,12H2,1-3H3,(H,25,29)(H,27,28);2*1H. The van der Waals surface area contributed by atoms with Crippen LogP contribution in [0.2, 0.25) is 0 Å². The van der Waals surface area contributed by atoms with Crippen molar-refractivity contribution in [3.05, 3.63) is 53.2 Å². The van der Waals surface area contributed by atoms with Crippen LogP contribution in [0.15, 0.2) is 36.4 Å². The molecule has 2 aromatic carbocycles. The summed E-state index contributed by atoms with van der Waals surface area (Å²) in [7, 11) is 0. The SMILES string of the molecule is CC(C)(C)c1cc2cc(NC(=O)C3(c4ccc5c(c4)OCO5)CC3)cc(C(=O)O)c2[nH]1.[HH].[HH]. The van der Waals surface area contributed by atoms with E-state index in [9.17, 15) is 14.7 Å². The molecule has 2 aliphatic rings. The molecule has 3 N–H and O–H groups in total. The van der Waals surface area contributed by atoms with Crippen LogP contribution < -0.4 is 14.8 Å². The zero-order valence-corrected chi connectivity index (χ0v) is 17.7. The van der Waals surface area contributed by atoms with E-state index in [1.54, 1.807) is 0 Å². The minimum Gasteiger partial charge on any atom is -0.478 e. The molecule has 1 aromatic heterocycles. The molecule has 0 radical (unpaired) electrons. The molecule has 0 spiro atoms. The number of nitrogens with one attached hydrogen (secondary N) is 2. The van der Waals surface area contributed by atoms with Crippen molar-refractivity contribution in [2.24, 2.45) is 0 Å². The summed E-state index contributed by atoms with van der Waals surface area (Å²) in [4.78, 5) is 28.4. The Bertz CT molecular complexity index is 1240. The first-order valence-electron chi connectivity index (χ1n) is 10.3. The number of aromatic carboxylic acids is 1. The van der Waals surface area contributed by atoms with E-state index in [-0.39, 0.29) is 26.5 Å². The summed E-state index contributed by atoms with van der Waals surface area (Å²) in [6.07, 6.45) is 1.45. The molecule has 2 heterocycles. The summed E-state index contributed by atoms with van der Waals surface area (Å²) < 4.78 is 10.8. The van der Waals surface area contributed by atoms with Gasteiger partial charge in [-0.15, -0.1) is 0 Å². The van der Waals surface area contributed by atoms with Gasteiger partial charge in [-0.2, -0.15) is 0 Å². The number of H-pyrrole nitrogens is 1. The van der Waals surface area contributed by atoms with Gasteiger partial charge in [0.05, 0.1) is 16.5 Å². The van der Waals surface area contributed by atoms with E-state index in [1.165, 1.54) is 6.07 Å². The first-order chi connectivity index (χ1) is 14.7. The van der Waals surface area contributed by atoms with Crippen LogP contribution in [0.4, 0.5) is 5.69 Å². The second kappa shape index (κ2) is 6.51. The average Bonchev–Trinajstić information content (AvgIpc) is 3.17. The Morgan fingerprint density at radius 3 is 2.52 bits per heavy atom. The number of ether oxygens (including phenoxy) is 2. The van der Waals surface area contributed by atoms with Gasteiger partial charge in [-0.1, -0.05) is 26.8 Å². The van der Waals surface area contributed by atoms with Crippen LogP contribution >= 0.6 is 0 Å². The number of benzene rings is 2. The minimum atomic E-state index is -1.04. The number of amides is 1. The molecule has 7 heteroatoms. The van der Waals surface area contributed by atoms with Crippen molar-refractivity contribution >= 4 is 28.5 Å². The van der Waals surface area contributed by atoms with Gasteiger partial charge in [0.15, 0.2) is 11.5 Å². The number of hydrogen-bond acceptors (Lipinski definition) is 4. The molecule has 0 atom stereocenters. The molecule has 1 aliphatic carbocycles. The number of carboxylic acids is 1. The van der Waals surface area contributed by atoms with Gasteiger partial charge in [-0.25, -0.2) is 4.79 Å². The molecule has 5 rings (SSSR count). The maximum atomic E-state index is 13.2. The fourth-order valence-electron chi connectivity index (χ4n) is 4.11. The Kier molecular flexibility index (Phi) is 4.09. The number of aromatic nitrogens is 1. The number of carboxylic acid groups (broad SMARTS) is 1. The van der Waals surface area contributed by atoms with Crippen molar-refractivity contribution in [1.82, 2.24) is 4.98 Å². The predicted molar refractivity (Wildman–Crippen MR) is 120 cm³/mol. The number of carbonyl (C=O) groups is 2. The molecule has 7 nitrogen and oxygen atoms in total. The van der Waals surface area contributed by atoms with Gasteiger partial charge < -0.3 is 24.9 Å². The predicted octanol–water partition coefficient (Wildman–Crippen LogP) is 5.05. The lowest BCUT2D eigenvalue weighted by Gasteiger charge is -2.17. The van der Waals surface area contributed by atoms with Crippen LogP contribution in [0.1, 0.15) is 58.1 Å². The number of aromatic amines is 1. The fourth-order valence-corrected chi connectivity index (χ4v) is 4.11. The number of anilines is 1. The lowest BCUT2D eigenvalue weighted by atomic mass is 9.92. The molecule has 1 saturated carbocycles. The molecule has 1 aliphatic heterocycles. The maximum absolute atomic E-state index is 13.2. The molecular weight excluding hydrogens is 396 g/mol. The van der Waals surface area contributed by atoms with Crippen molar-refractivity contribution in [3.8, 4) is 11.5 Å².